The molecule has 0 fully saturated rings. The highest BCUT2D eigenvalue weighted by atomic mass is 16.7. The van der Waals surface area contributed by atoms with Gasteiger partial charge in [0, 0.05) is 33.0 Å². The van der Waals surface area contributed by atoms with E-state index >= 15 is 0 Å². The van der Waals surface area contributed by atoms with Crippen LogP contribution in [0.25, 0.3) is 0 Å². The van der Waals surface area contributed by atoms with Crippen LogP contribution < -0.4 is 5.32 Å². The fourth-order valence-electron chi connectivity index (χ4n) is 1.80. The molecule has 17 heavy (non-hydrogen) atoms. The van der Waals surface area contributed by atoms with E-state index in [-0.39, 0.29) is 12.3 Å². The van der Waals surface area contributed by atoms with Gasteiger partial charge in [0.1, 0.15) is 0 Å². The lowest BCUT2D eigenvalue weighted by molar-refractivity contribution is -0.119. The van der Waals surface area contributed by atoms with Crippen molar-refractivity contribution in [3.05, 3.63) is 18.2 Å². The van der Waals surface area contributed by atoms with Gasteiger partial charge in [-0.15, -0.1) is 0 Å². The third-order valence-electron chi connectivity index (χ3n) is 2.78. The molecule has 5 nitrogen and oxygen atoms in total. The maximum absolute atomic E-state index is 5.20. The molecule has 0 aromatic carbocycles. The summed E-state index contributed by atoms with van der Waals surface area (Å²) in [4.78, 5) is 4.17. The fraction of sp³-hybridized carbons (Fsp3) is 0.750. The smallest absolute Gasteiger partial charge is 0.171 e. The largest absolute Gasteiger partial charge is 0.354 e. The third-order valence-corrected chi connectivity index (χ3v) is 2.78. The minimum absolute atomic E-state index is 0.125. The number of rotatable bonds is 7. The lowest BCUT2D eigenvalue weighted by atomic mass is 10.3. The monoisotopic (exact) mass is 241 g/mol. The molecule has 0 aliphatic carbocycles. The number of aromatic nitrogens is 2. The number of imidazole rings is 1. The van der Waals surface area contributed by atoms with Gasteiger partial charge in [-0.1, -0.05) is 0 Å². The predicted molar refractivity (Wildman–Crippen MR) is 66.7 cm³/mol. The lowest BCUT2D eigenvalue weighted by Gasteiger charge is -2.22. The summed E-state index contributed by atoms with van der Waals surface area (Å²) in [5.74, 6) is 0. The first kappa shape index (κ1) is 14.2. The van der Waals surface area contributed by atoms with E-state index in [2.05, 4.69) is 28.7 Å². The molecule has 1 atom stereocenters. The van der Waals surface area contributed by atoms with E-state index in [0.29, 0.717) is 6.04 Å². The van der Waals surface area contributed by atoms with Gasteiger partial charge >= 0.3 is 0 Å². The maximum Gasteiger partial charge on any atom is 0.171 e. The molecule has 0 amide bonds. The van der Waals surface area contributed by atoms with E-state index in [0.717, 1.165) is 12.2 Å². The van der Waals surface area contributed by atoms with Gasteiger partial charge in [0.15, 0.2) is 6.29 Å². The number of nitrogens with zero attached hydrogens (tertiary/aromatic N) is 2. The second-order valence-corrected chi connectivity index (χ2v) is 4.40. The average Bonchev–Trinajstić information content (AvgIpc) is 2.76. The normalized spacial score (nSPS) is 13.6. The first-order valence-electron chi connectivity index (χ1n) is 5.89. The maximum atomic E-state index is 5.20. The topological polar surface area (TPSA) is 48.3 Å². The zero-order valence-corrected chi connectivity index (χ0v) is 11.3. The van der Waals surface area contributed by atoms with Crippen molar-refractivity contribution >= 4 is 0 Å². The molecular formula is C12H23N3O2. The molecule has 0 radical (unpaired) electrons. The van der Waals surface area contributed by atoms with Crippen LogP contribution in [0.15, 0.2) is 12.5 Å². The number of nitrogens with one attached hydrogen (secondary N) is 1. The first-order valence-corrected chi connectivity index (χ1v) is 5.89. The van der Waals surface area contributed by atoms with Crippen LogP contribution in [-0.4, -0.2) is 36.1 Å². The Kier molecular flexibility index (Phi) is 5.61. The summed E-state index contributed by atoms with van der Waals surface area (Å²) in [6.07, 6.45) is 3.51. The number of methoxy groups -OCH3 is 2. The molecule has 1 heterocycles. The second kappa shape index (κ2) is 6.74. The fourth-order valence-corrected chi connectivity index (χ4v) is 1.80. The van der Waals surface area contributed by atoms with Gasteiger partial charge in [-0.2, -0.15) is 0 Å². The van der Waals surface area contributed by atoms with Crippen molar-refractivity contribution in [2.45, 2.75) is 45.7 Å². The molecule has 1 aromatic heterocycles. The van der Waals surface area contributed by atoms with Crippen molar-refractivity contribution in [1.82, 2.24) is 14.9 Å². The zero-order valence-electron chi connectivity index (χ0n) is 11.3. The third kappa shape index (κ3) is 3.80. The molecule has 0 spiro atoms. The number of hydrogen-bond donors (Lipinski definition) is 1. The first-order chi connectivity index (χ1) is 8.10. The van der Waals surface area contributed by atoms with Crippen LogP contribution in [-0.2, 0) is 16.0 Å². The van der Waals surface area contributed by atoms with Crippen LogP contribution in [0.2, 0.25) is 0 Å². The molecule has 1 unspecified atom stereocenters. The molecule has 0 saturated heterocycles. The Morgan fingerprint density at radius 2 is 1.94 bits per heavy atom. The summed E-state index contributed by atoms with van der Waals surface area (Å²) in [5, 5.41) is 3.37. The molecule has 0 bridgehead atoms. The van der Waals surface area contributed by atoms with Crippen LogP contribution in [0.5, 0.6) is 0 Å². The summed E-state index contributed by atoms with van der Waals surface area (Å²) in [6, 6.07) is 0.547. The molecule has 1 aromatic rings. The van der Waals surface area contributed by atoms with Gasteiger partial charge < -0.3 is 19.4 Å². The Morgan fingerprint density at radius 3 is 2.47 bits per heavy atom. The minimum atomic E-state index is -0.231. The Hall–Kier alpha value is -0.910. The van der Waals surface area contributed by atoms with E-state index in [4.69, 9.17) is 9.47 Å². The van der Waals surface area contributed by atoms with Crippen LogP contribution >= 0.6 is 0 Å². The molecule has 1 rings (SSSR count). The molecular weight excluding hydrogens is 218 g/mol. The summed E-state index contributed by atoms with van der Waals surface area (Å²) in [7, 11) is 3.29. The average molecular weight is 241 g/mol. The molecule has 5 heteroatoms. The zero-order chi connectivity index (χ0) is 12.8. The second-order valence-electron chi connectivity index (χ2n) is 4.40. The van der Waals surface area contributed by atoms with Crippen LogP contribution in [0.4, 0.5) is 0 Å². The lowest BCUT2D eigenvalue weighted by Crippen LogP contribution is -2.39. The molecule has 0 aliphatic rings. The SMILES string of the molecule is COC(OC)C(C)NCc1cncn1C(C)C. The van der Waals surface area contributed by atoms with Gasteiger partial charge in [-0.3, -0.25) is 0 Å². The van der Waals surface area contributed by atoms with Crippen LogP contribution in [0.1, 0.15) is 32.5 Å². The van der Waals surface area contributed by atoms with E-state index in [1.807, 2.05) is 19.4 Å². The van der Waals surface area contributed by atoms with Gasteiger partial charge in [-0.25, -0.2) is 4.98 Å². The van der Waals surface area contributed by atoms with Gasteiger partial charge in [0.2, 0.25) is 0 Å². The van der Waals surface area contributed by atoms with Crippen molar-refractivity contribution in [3.63, 3.8) is 0 Å². The van der Waals surface area contributed by atoms with Gasteiger partial charge in [-0.05, 0) is 20.8 Å². The molecule has 0 aliphatic heterocycles. The van der Waals surface area contributed by atoms with Crippen molar-refractivity contribution in [3.8, 4) is 0 Å². The summed E-state index contributed by atoms with van der Waals surface area (Å²) >= 11 is 0. The van der Waals surface area contributed by atoms with E-state index in [1.54, 1.807) is 14.2 Å². The molecule has 1 N–H and O–H groups in total. The Labute approximate surface area is 103 Å². The molecule has 98 valence electrons. The van der Waals surface area contributed by atoms with Crippen molar-refractivity contribution in [2.75, 3.05) is 14.2 Å². The van der Waals surface area contributed by atoms with Crippen molar-refractivity contribution < 1.29 is 9.47 Å². The Balaban J connectivity index is 2.52. The highest BCUT2D eigenvalue weighted by Crippen LogP contribution is 2.09. The highest BCUT2D eigenvalue weighted by molar-refractivity contribution is 4.99. The Bertz CT molecular complexity index is 321. The molecule has 0 saturated carbocycles. The van der Waals surface area contributed by atoms with E-state index in [1.165, 1.54) is 0 Å². The van der Waals surface area contributed by atoms with E-state index in [9.17, 15) is 0 Å². The van der Waals surface area contributed by atoms with Crippen molar-refractivity contribution in [1.29, 1.82) is 0 Å². The number of ether oxygens (including phenoxy) is 2. The highest BCUT2D eigenvalue weighted by Gasteiger charge is 2.15. The van der Waals surface area contributed by atoms with Gasteiger partial charge in [0.05, 0.1) is 18.1 Å². The summed E-state index contributed by atoms with van der Waals surface area (Å²) in [5.41, 5.74) is 1.16. The summed E-state index contributed by atoms with van der Waals surface area (Å²) < 4.78 is 12.6. The van der Waals surface area contributed by atoms with Crippen LogP contribution in [0, 0.1) is 0 Å². The number of hydrogen-bond acceptors (Lipinski definition) is 4. The summed E-state index contributed by atoms with van der Waals surface area (Å²) in [6.45, 7) is 7.07. The quantitative estimate of drug-likeness (QED) is 0.736. The van der Waals surface area contributed by atoms with Gasteiger partial charge in [0.25, 0.3) is 0 Å². The van der Waals surface area contributed by atoms with Crippen molar-refractivity contribution in [2.24, 2.45) is 0 Å². The predicted octanol–water partition coefficient (Wildman–Crippen LogP) is 1.56. The minimum Gasteiger partial charge on any atom is -0.354 e. The standard InChI is InChI=1S/C12H23N3O2/c1-9(2)15-8-13-6-11(15)7-14-10(3)12(16-4)17-5/h6,8-10,12,14H,7H2,1-5H3. The van der Waals surface area contributed by atoms with E-state index < -0.39 is 0 Å². The Morgan fingerprint density at radius 1 is 1.29 bits per heavy atom. The van der Waals surface area contributed by atoms with Crippen LogP contribution in [0.3, 0.4) is 0 Å².